The van der Waals surface area contributed by atoms with E-state index in [1.165, 1.54) is 37.6 Å². The molecule has 0 saturated carbocycles. The molecule has 0 unspecified atom stereocenters. The van der Waals surface area contributed by atoms with Gasteiger partial charge in [0.05, 0.1) is 42.5 Å². The number of hydrogen-bond donors (Lipinski definition) is 6. The molecule has 2 aromatic heterocycles. The van der Waals surface area contributed by atoms with Crippen molar-refractivity contribution >= 4 is 70.2 Å². The number of benzene rings is 4. The summed E-state index contributed by atoms with van der Waals surface area (Å²) >= 11 is 0. The number of fused-ring (bicyclic) bond motifs is 5. The van der Waals surface area contributed by atoms with Crippen molar-refractivity contribution in [3.63, 3.8) is 0 Å². The van der Waals surface area contributed by atoms with Gasteiger partial charge in [0.15, 0.2) is 17.0 Å². The van der Waals surface area contributed by atoms with Crippen LogP contribution in [0.5, 0.6) is 0 Å². The predicted molar refractivity (Wildman–Crippen MR) is 256 cm³/mol. The van der Waals surface area contributed by atoms with Crippen molar-refractivity contribution in [2.75, 3.05) is 43.6 Å². The Balaban J connectivity index is 0.741. The maximum atomic E-state index is 13.4. The number of imide groups is 1. The molecule has 8 N–H and O–H groups in total. The van der Waals surface area contributed by atoms with Crippen molar-refractivity contribution in [1.82, 2.24) is 41.0 Å². The third-order valence-electron chi connectivity index (χ3n) is 12.0. The summed E-state index contributed by atoms with van der Waals surface area (Å²) in [4.78, 5) is 108. The third kappa shape index (κ3) is 10.8. The molecule has 0 bridgehead atoms. The van der Waals surface area contributed by atoms with Gasteiger partial charge < -0.3 is 31.6 Å². The number of hydrogen-bond acceptors (Lipinski definition) is 15. The Hall–Kier alpha value is -8.81. The average molecular weight is 948 g/mol. The second-order valence-corrected chi connectivity index (χ2v) is 16.7. The first kappa shape index (κ1) is 47.7. The summed E-state index contributed by atoms with van der Waals surface area (Å²) in [7, 11) is 1.25. The number of nitrogens with one attached hydrogen (secondary N) is 4. The quantitative estimate of drug-likeness (QED) is 0.0287. The minimum atomic E-state index is -0.782. The molecule has 4 aromatic carbocycles. The van der Waals surface area contributed by atoms with Crippen molar-refractivity contribution in [2.45, 2.75) is 56.8 Å². The molecule has 1 atom stereocenters. The predicted octanol–water partition coefficient (Wildman–Crippen LogP) is 4.96. The normalized spacial score (nSPS) is 13.0. The van der Waals surface area contributed by atoms with Gasteiger partial charge in [-0.05, 0) is 83.8 Å². The molecule has 1 aliphatic heterocycles. The largest absolute Gasteiger partial charge is 0.469 e. The zero-order valence-electron chi connectivity index (χ0n) is 38.0. The Labute approximate surface area is 400 Å². The fourth-order valence-electron chi connectivity index (χ4n) is 8.58. The maximum Gasteiger partial charge on any atom is 0.407 e. The molecular weight excluding hydrogens is 899 g/mol. The minimum Gasteiger partial charge on any atom is -0.469 e. The van der Waals surface area contributed by atoms with E-state index in [0.717, 1.165) is 27.2 Å². The monoisotopic (exact) mass is 947 g/mol. The Bertz CT molecular complexity index is 2970. The molecular formula is C50H49N11O9. The molecule has 1 aliphatic carbocycles. The summed E-state index contributed by atoms with van der Waals surface area (Å²) in [5, 5.41) is 5.60. The van der Waals surface area contributed by atoms with E-state index in [1.54, 1.807) is 18.2 Å². The van der Waals surface area contributed by atoms with E-state index in [1.807, 2.05) is 24.3 Å². The van der Waals surface area contributed by atoms with Crippen LogP contribution in [-0.2, 0) is 30.3 Å². The zero-order valence-corrected chi connectivity index (χ0v) is 38.0. The number of rotatable bonds is 18. The molecule has 8 rings (SSSR count). The lowest BCUT2D eigenvalue weighted by molar-refractivity contribution is -0.142. The number of nitrogens with two attached hydrogens (primary N) is 2. The topological polar surface area (TPSA) is 293 Å². The summed E-state index contributed by atoms with van der Waals surface area (Å²) in [6.07, 6.45) is 3.16. The van der Waals surface area contributed by atoms with Crippen LogP contribution in [0.25, 0.3) is 22.3 Å². The van der Waals surface area contributed by atoms with Crippen molar-refractivity contribution in [3.8, 4) is 11.1 Å². The van der Waals surface area contributed by atoms with Crippen LogP contribution in [0, 0.1) is 0 Å². The number of nitrogen functional groups attached to an aromatic ring is 2. The summed E-state index contributed by atoms with van der Waals surface area (Å²) in [5.74, 6) is -3.91. The van der Waals surface area contributed by atoms with Crippen molar-refractivity contribution in [2.24, 2.45) is 0 Å². The molecule has 358 valence electrons. The van der Waals surface area contributed by atoms with Gasteiger partial charge in [-0.1, -0.05) is 67.1 Å². The van der Waals surface area contributed by atoms with Crippen LogP contribution in [0.15, 0.2) is 97.2 Å². The van der Waals surface area contributed by atoms with Gasteiger partial charge in [0, 0.05) is 36.7 Å². The van der Waals surface area contributed by atoms with Gasteiger partial charge in [-0.2, -0.15) is 9.97 Å². The number of aromatic nitrogens is 4. The number of carbonyl (C=O) groups excluding carboxylic acids is 7. The van der Waals surface area contributed by atoms with E-state index in [2.05, 4.69) is 65.7 Å². The number of alkyl carbamates (subject to hydrolysis) is 1. The number of esters is 1. The first-order valence-electron chi connectivity index (χ1n) is 22.6. The molecule has 20 heteroatoms. The lowest BCUT2D eigenvalue weighted by atomic mass is 9.93. The lowest BCUT2D eigenvalue weighted by Crippen LogP contribution is -2.42. The van der Waals surface area contributed by atoms with E-state index in [4.69, 9.17) is 20.9 Å². The van der Waals surface area contributed by atoms with Gasteiger partial charge in [-0.15, -0.1) is 0 Å². The Morgan fingerprint density at radius 2 is 1.47 bits per heavy atom. The standard InChI is InChI=1S/C50H49N11O9/c1-69-48(67)32(28-16-18-29(19-17-28)45(64)60-59-41(63)25-31-26-54-44-42(56-31)43(51)57-49(52)58-44)14-9-23-61-46(65)37-21-20-30(24-38(37)47(61)66)55-40(62)15-3-2-8-22-53-50(68)70-27-39-35-12-6-4-10-33(35)34-11-5-7-13-36(34)39/h4-7,10-13,16-21,24,26,32,39H,2-3,8-9,14-15,22-23,25,27H2,1H3,(H,53,68)(H,55,62)(H,59,63)(H,60,64)(H4,51,52,54,57,58)/t32-/m0/s1. The summed E-state index contributed by atoms with van der Waals surface area (Å²) in [6, 6.07) is 26.9. The second kappa shape index (κ2) is 21.4. The fraction of sp³-hybridized carbons (Fsp3) is 0.260. The molecule has 0 radical (unpaired) electrons. The van der Waals surface area contributed by atoms with Crippen molar-refractivity contribution in [1.29, 1.82) is 0 Å². The smallest absolute Gasteiger partial charge is 0.407 e. The highest BCUT2D eigenvalue weighted by atomic mass is 16.5. The van der Waals surface area contributed by atoms with E-state index in [9.17, 15) is 33.6 Å². The molecule has 2 aliphatic rings. The highest BCUT2D eigenvalue weighted by Gasteiger charge is 2.36. The molecule has 0 fully saturated rings. The van der Waals surface area contributed by atoms with E-state index in [0.29, 0.717) is 37.1 Å². The molecule has 6 amide bonds. The molecule has 0 spiro atoms. The lowest BCUT2D eigenvalue weighted by Gasteiger charge is -2.18. The van der Waals surface area contributed by atoms with Crippen LogP contribution in [0.4, 0.5) is 22.2 Å². The first-order chi connectivity index (χ1) is 33.9. The maximum absolute atomic E-state index is 13.4. The zero-order chi connectivity index (χ0) is 49.3. The van der Waals surface area contributed by atoms with Gasteiger partial charge in [-0.25, -0.2) is 14.8 Å². The van der Waals surface area contributed by atoms with E-state index in [-0.39, 0.29) is 96.0 Å². The Morgan fingerprint density at radius 1 is 0.757 bits per heavy atom. The van der Waals surface area contributed by atoms with Crippen LogP contribution in [0.2, 0.25) is 0 Å². The SMILES string of the molecule is COC(=O)[C@@H](CCCN1C(=O)c2ccc(NC(=O)CCCCCNC(=O)OCC3c4ccccc4-c4ccccc43)cc2C1=O)c1ccc(C(=O)NNC(=O)Cc2cnc3nc(N)nc(N)c3n2)cc1. The van der Waals surface area contributed by atoms with Crippen LogP contribution in [0.3, 0.4) is 0 Å². The van der Waals surface area contributed by atoms with Crippen LogP contribution < -0.4 is 33.0 Å². The van der Waals surface area contributed by atoms with Crippen LogP contribution >= 0.6 is 0 Å². The van der Waals surface area contributed by atoms with Crippen molar-refractivity contribution in [3.05, 3.63) is 136 Å². The Morgan fingerprint density at radius 3 is 2.20 bits per heavy atom. The average Bonchev–Trinajstić information content (AvgIpc) is 3.81. The molecule has 0 saturated heterocycles. The number of amides is 6. The summed E-state index contributed by atoms with van der Waals surface area (Å²) in [6.45, 7) is 0.638. The molecule has 3 heterocycles. The van der Waals surface area contributed by atoms with Crippen LogP contribution in [0.1, 0.15) is 104 Å². The first-order valence-corrected chi connectivity index (χ1v) is 22.6. The number of nitrogens with zero attached hydrogens (tertiary/aromatic N) is 5. The van der Waals surface area contributed by atoms with Gasteiger partial charge in [0.25, 0.3) is 17.7 Å². The number of methoxy groups -OCH3 is 1. The number of anilines is 3. The number of unbranched alkanes of at least 4 members (excludes halogenated alkanes) is 2. The van der Waals surface area contributed by atoms with Gasteiger partial charge in [-0.3, -0.25) is 44.5 Å². The van der Waals surface area contributed by atoms with Gasteiger partial charge in [0.2, 0.25) is 17.8 Å². The highest BCUT2D eigenvalue weighted by Crippen LogP contribution is 2.44. The number of hydrazine groups is 1. The molecule has 70 heavy (non-hydrogen) atoms. The summed E-state index contributed by atoms with van der Waals surface area (Å²) in [5.41, 5.74) is 22.7. The number of carbonyl (C=O) groups is 7. The van der Waals surface area contributed by atoms with Gasteiger partial charge in [0.1, 0.15) is 6.61 Å². The van der Waals surface area contributed by atoms with E-state index < -0.39 is 41.6 Å². The van der Waals surface area contributed by atoms with E-state index >= 15 is 0 Å². The molecule has 6 aromatic rings. The van der Waals surface area contributed by atoms with Crippen molar-refractivity contribution < 1.29 is 43.0 Å². The molecule has 20 nitrogen and oxygen atoms in total. The summed E-state index contributed by atoms with van der Waals surface area (Å²) < 4.78 is 10.6. The Kier molecular flexibility index (Phi) is 14.6. The van der Waals surface area contributed by atoms with Crippen LogP contribution in [-0.4, -0.2) is 93.2 Å². The van der Waals surface area contributed by atoms with Gasteiger partial charge >= 0.3 is 12.1 Å². The third-order valence-corrected chi connectivity index (χ3v) is 12.0. The fourth-order valence-corrected chi connectivity index (χ4v) is 8.58. The second-order valence-electron chi connectivity index (χ2n) is 16.7. The highest BCUT2D eigenvalue weighted by molar-refractivity contribution is 6.22. The number of ether oxygens (including phenoxy) is 2. The minimum absolute atomic E-state index is 0.00658.